The molecule has 0 amide bonds. The number of halogens is 1. The lowest BCUT2D eigenvalue weighted by atomic mass is 9.78. The summed E-state index contributed by atoms with van der Waals surface area (Å²) in [6.45, 7) is 6.90. The van der Waals surface area contributed by atoms with E-state index in [4.69, 9.17) is 0 Å². The van der Waals surface area contributed by atoms with E-state index in [0.717, 1.165) is 6.54 Å². The zero-order chi connectivity index (χ0) is 11.5. The molecule has 3 heteroatoms. The van der Waals surface area contributed by atoms with E-state index in [1.54, 1.807) is 0 Å². The summed E-state index contributed by atoms with van der Waals surface area (Å²) in [6.07, 6.45) is -0.350. The highest BCUT2D eigenvalue weighted by molar-refractivity contribution is 5.21. The molecule has 0 aliphatic heterocycles. The van der Waals surface area contributed by atoms with Gasteiger partial charge in [0, 0.05) is 0 Å². The van der Waals surface area contributed by atoms with Gasteiger partial charge in [-0.15, -0.1) is 0 Å². The van der Waals surface area contributed by atoms with Crippen molar-refractivity contribution in [2.24, 2.45) is 5.41 Å². The molecule has 2 atom stereocenters. The van der Waals surface area contributed by atoms with Crippen LogP contribution < -0.4 is 18.1 Å². The second-order valence-corrected chi connectivity index (χ2v) is 5.12. The lowest BCUT2D eigenvalue weighted by Crippen LogP contribution is -3.00. The molecule has 2 nitrogen and oxygen atoms in total. The van der Waals surface area contributed by atoms with Crippen molar-refractivity contribution in [3.8, 4) is 0 Å². The van der Waals surface area contributed by atoms with Gasteiger partial charge in [0.1, 0.15) is 0 Å². The van der Waals surface area contributed by atoms with Gasteiger partial charge in [-0.2, -0.15) is 0 Å². The zero-order valence-electron chi connectivity index (χ0n) is 10.3. The fraction of sp³-hybridized carbons (Fsp3) is 0.538. The van der Waals surface area contributed by atoms with Crippen LogP contribution in [-0.4, -0.2) is 17.8 Å². The van der Waals surface area contributed by atoms with E-state index < -0.39 is 0 Å². The molecule has 0 aliphatic carbocycles. The zero-order valence-corrected chi connectivity index (χ0v) is 11.0. The molecule has 0 bridgehead atoms. The van der Waals surface area contributed by atoms with E-state index in [1.807, 2.05) is 18.2 Å². The molecule has 0 saturated heterocycles. The Morgan fingerprint density at radius 2 is 1.69 bits per heavy atom. The maximum Gasteiger partial charge on any atom is 0.0834 e. The fourth-order valence-electron chi connectivity index (χ4n) is 1.81. The van der Waals surface area contributed by atoms with E-state index >= 15 is 0 Å². The molecule has 16 heavy (non-hydrogen) atoms. The SMILES string of the molecule is CC(C)(C)C(O)C(C[NH3+])c1ccccc1.[Cl-]. The minimum atomic E-state index is -0.350. The highest BCUT2D eigenvalue weighted by atomic mass is 35.5. The summed E-state index contributed by atoms with van der Waals surface area (Å²) in [6, 6.07) is 10.1. The van der Waals surface area contributed by atoms with Crippen LogP contribution in [0.1, 0.15) is 32.3 Å². The topological polar surface area (TPSA) is 47.9 Å². The predicted molar refractivity (Wildman–Crippen MR) is 62.4 cm³/mol. The molecular weight excluding hydrogens is 222 g/mol. The molecule has 4 N–H and O–H groups in total. The van der Waals surface area contributed by atoms with Crippen LogP contribution in [0, 0.1) is 5.41 Å². The first-order valence-corrected chi connectivity index (χ1v) is 5.49. The van der Waals surface area contributed by atoms with Gasteiger partial charge in [0.15, 0.2) is 0 Å². The first-order valence-electron chi connectivity index (χ1n) is 5.49. The third-order valence-corrected chi connectivity index (χ3v) is 2.81. The predicted octanol–water partition coefficient (Wildman–Crippen LogP) is -1.58. The van der Waals surface area contributed by atoms with Crippen LogP contribution in [0.15, 0.2) is 30.3 Å². The maximum absolute atomic E-state index is 10.3. The molecule has 0 heterocycles. The monoisotopic (exact) mass is 243 g/mol. The number of benzene rings is 1. The van der Waals surface area contributed by atoms with E-state index in [1.165, 1.54) is 5.56 Å². The molecule has 0 radical (unpaired) electrons. The van der Waals surface area contributed by atoms with Gasteiger partial charge >= 0.3 is 0 Å². The maximum atomic E-state index is 10.3. The Kier molecular flexibility index (Phi) is 6.01. The Morgan fingerprint density at radius 1 is 1.19 bits per heavy atom. The van der Waals surface area contributed by atoms with Gasteiger partial charge in [-0.3, -0.25) is 0 Å². The molecule has 92 valence electrons. The van der Waals surface area contributed by atoms with Crippen molar-refractivity contribution in [2.75, 3.05) is 6.54 Å². The average Bonchev–Trinajstić information content (AvgIpc) is 2.19. The third-order valence-electron chi connectivity index (χ3n) is 2.81. The van der Waals surface area contributed by atoms with Crippen molar-refractivity contribution in [3.05, 3.63) is 35.9 Å². The van der Waals surface area contributed by atoms with Gasteiger partial charge < -0.3 is 23.2 Å². The molecule has 0 fully saturated rings. The molecule has 0 spiro atoms. The summed E-state index contributed by atoms with van der Waals surface area (Å²) >= 11 is 0. The average molecular weight is 244 g/mol. The van der Waals surface area contributed by atoms with E-state index in [2.05, 4.69) is 38.6 Å². The molecule has 1 aromatic carbocycles. The largest absolute Gasteiger partial charge is 1.00 e. The number of hydrogen-bond donors (Lipinski definition) is 2. The number of aliphatic hydroxyl groups is 1. The summed E-state index contributed by atoms with van der Waals surface area (Å²) in [5, 5.41) is 10.3. The van der Waals surface area contributed by atoms with E-state index in [-0.39, 0.29) is 29.8 Å². The van der Waals surface area contributed by atoms with Crippen LogP contribution in [0.3, 0.4) is 0 Å². The van der Waals surface area contributed by atoms with Crippen molar-refractivity contribution in [3.63, 3.8) is 0 Å². The Morgan fingerprint density at radius 3 is 2.06 bits per heavy atom. The summed E-state index contributed by atoms with van der Waals surface area (Å²) < 4.78 is 0. The third kappa shape index (κ3) is 3.78. The van der Waals surface area contributed by atoms with Crippen molar-refractivity contribution < 1.29 is 23.2 Å². The number of rotatable bonds is 3. The molecule has 2 unspecified atom stereocenters. The summed E-state index contributed by atoms with van der Waals surface area (Å²) in [4.78, 5) is 0. The van der Waals surface area contributed by atoms with Gasteiger partial charge in [0.25, 0.3) is 0 Å². The van der Waals surface area contributed by atoms with Gasteiger partial charge in [-0.1, -0.05) is 51.1 Å². The first kappa shape index (κ1) is 15.4. The minimum Gasteiger partial charge on any atom is -1.00 e. The molecular formula is C13H22ClNO. The highest BCUT2D eigenvalue weighted by Gasteiger charge is 2.31. The molecule has 1 aromatic rings. The van der Waals surface area contributed by atoms with Crippen molar-refractivity contribution in [1.82, 2.24) is 0 Å². The van der Waals surface area contributed by atoms with Crippen molar-refractivity contribution in [1.29, 1.82) is 0 Å². The summed E-state index contributed by atoms with van der Waals surface area (Å²) in [7, 11) is 0. The van der Waals surface area contributed by atoms with Crippen molar-refractivity contribution in [2.45, 2.75) is 32.8 Å². The summed E-state index contributed by atoms with van der Waals surface area (Å²) in [5.74, 6) is 0.131. The van der Waals surface area contributed by atoms with E-state index in [9.17, 15) is 5.11 Å². The van der Waals surface area contributed by atoms with Gasteiger partial charge in [-0.05, 0) is 11.0 Å². The molecule has 0 saturated carbocycles. The van der Waals surface area contributed by atoms with Crippen LogP contribution in [0.5, 0.6) is 0 Å². The summed E-state index contributed by atoms with van der Waals surface area (Å²) in [5.41, 5.74) is 5.01. The normalized spacial score (nSPS) is 15.1. The standard InChI is InChI=1S/C13H21NO.ClH/c1-13(2,3)12(15)11(9-14)10-7-5-4-6-8-10;/h4-8,11-12,15H,9,14H2,1-3H3;1H. The smallest absolute Gasteiger partial charge is 0.0834 e. The second kappa shape index (κ2) is 6.24. The number of quaternary nitrogens is 1. The van der Waals surface area contributed by atoms with Gasteiger partial charge in [0.05, 0.1) is 18.6 Å². The quantitative estimate of drug-likeness (QED) is 0.662. The van der Waals surface area contributed by atoms with Gasteiger partial charge in [-0.25, -0.2) is 0 Å². The lowest BCUT2D eigenvalue weighted by molar-refractivity contribution is -0.377. The van der Waals surface area contributed by atoms with Crippen LogP contribution in [0.4, 0.5) is 0 Å². The fourth-order valence-corrected chi connectivity index (χ4v) is 1.81. The lowest BCUT2D eigenvalue weighted by Gasteiger charge is -2.31. The molecule has 1 rings (SSSR count). The second-order valence-electron chi connectivity index (χ2n) is 5.12. The molecule has 0 aromatic heterocycles. The Bertz CT molecular complexity index is 295. The first-order chi connectivity index (χ1) is 6.96. The Balaban J connectivity index is 0.00000225. The van der Waals surface area contributed by atoms with Crippen LogP contribution in [0.25, 0.3) is 0 Å². The van der Waals surface area contributed by atoms with E-state index in [0.29, 0.717) is 0 Å². The number of aliphatic hydroxyl groups excluding tert-OH is 1. The van der Waals surface area contributed by atoms with Crippen LogP contribution in [-0.2, 0) is 0 Å². The minimum absolute atomic E-state index is 0. The number of hydrogen-bond acceptors (Lipinski definition) is 1. The highest BCUT2D eigenvalue weighted by Crippen LogP contribution is 2.30. The molecule has 0 aliphatic rings. The Hall–Kier alpha value is -0.570. The van der Waals surface area contributed by atoms with Crippen LogP contribution >= 0.6 is 0 Å². The Labute approximate surface area is 104 Å². The van der Waals surface area contributed by atoms with Gasteiger partial charge in [0.2, 0.25) is 0 Å². The van der Waals surface area contributed by atoms with Crippen molar-refractivity contribution >= 4 is 0 Å². The van der Waals surface area contributed by atoms with Crippen LogP contribution in [0.2, 0.25) is 0 Å².